The number of para-hydroxylation sites is 4. The Morgan fingerprint density at radius 2 is 1.06 bits per heavy atom. The molecule has 3 rings (SSSR count). The van der Waals surface area contributed by atoms with Gasteiger partial charge >= 0.3 is 23.3 Å². The summed E-state index contributed by atoms with van der Waals surface area (Å²) >= 11 is 0. The summed E-state index contributed by atoms with van der Waals surface area (Å²) in [7, 11) is 0. The predicted molar refractivity (Wildman–Crippen MR) is 123 cm³/mol. The van der Waals surface area contributed by atoms with Crippen molar-refractivity contribution in [2.75, 3.05) is 13.2 Å². The summed E-state index contributed by atoms with van der Waals surface area (Å²) in [6, 6.07) is 18.1. The van der Waals surface area contributed by atoms with Crippen molar-refractivity contribution in [2.24, 2.45) is 0 Å². The third-order valence-electron chi connectivity index (χ3n) is 4.61. The fraction of sp³-hybridized carbons (Fsp3) is 0.167. The van der Waals surface area contributed by atoms with E-state index in [0.29, 0.717) is 11.1 Å². The van der Waals surface area contributed by atoms with Crippen molar-refractivity contribution in [3.05, 3.63) is 104 Å². The number of nitro benzene ring substituents is 2. The quantitative estimate of drug-likeness (QED) is 0.205. The molecule has 12 nitrogen and oxygen atoms in total. The van der Waals surface area contributed by atoms with Crippen LogP contribution in [0.3, 0.4) is 0 Å². The van der Waals surface area contributed by atoms with Gasteiger partial charge in [-0.3, -0.25) is 20.2 Å². The highest BCUT2D eigenvalue weighted by molar-refractivity contribution is 5.72. The molecule has 3 aromatic carbocycles. The summed E-state index contributed by atoms with van der Waals surface area (Å²) in [5, 5.41) is 22.0. The van der Waals surface area contributed by atoms with E-state index in [4.69, 9.17) is 18.9 Å². The second kappa shape index (κ2) is 12.5. The van der Waals surface area contributed by atoms with E-state index in [1.807, 2.05) is 0 Å². The molecule has 186 valence electrons. The molecule has 0 fully saturated rings. The lowest BCUT2D eigenvalue weighted by Crippen LogP contribution is -2.16. The Labute approximate surface area is 204 Å². The monoisotopic (exact) mass is 496 g/mol. The highest BCUT2D eigenvalue weighted by Crippen LogP contribution is 2.26. The number of hydrogen-bond donors (Lipinski definition) is 0. The van der Waals surface area contributed by atoms with Gasteiger partial charge in [-0.25, -0.2) is 9.59 Å². The van der Waals surface area contributed by atoms with Gasteiger partial charge in [0.2, 0.25) is 0 Å². The maximum atomic E-state index is 12.0. The van der Waals surface area contributed by atoms with Crippen molar-refractivity contribution in [1.29, 1.82) is 0 Å². The van der Waals surface area contributed by atoms with Crippen LogP contribution in [0.15, 0.2) is 72.8 Å². The van der Waals surface area contributed by atoms with Crippen LogP contribution in [0.5, 0.6) is 11.5 Å². The summed E-state index contributed by atoms with van der Waals surface area (Å²) < 4.78 is 20.6. The topological polar surface area (TPSA) is 157 Å². The van der Waals surface area contributed by atoms with Crippen LogP contribution in [0, 0.1) is 20.2 Å². The number of hydrogen-bond acceptors (Lipinski definition) is 10. The van der Waals surface area contributed by atoms with Crippen molar-refractivity contribution in [3.63, 3.8) is 0 Å². The summed E-state index contributed by atoms with van der Waals surface area (Å²) in [5.74, 6) is -1.54. The van der Waals surface area contributed by atoms with Gasteiger partial charge in [0.1, 0.15) is 13.2 Å². The number of carbonyl (C=O) groups excluding carboxylic acids is 2. The van der Waals surface area contributed by atoms with Crippen molar-refractivity contribution >= 4 is 23.3 Å². The smallest absolute Gasteiger partial charge is 0.344 e. The molecule has 0 bridgehead atoms. The first-order valence-corrected chi connectivity index (χ1v) is 10.4. The van der Waals surface area contributed by atoms with Crippen LogP contribution in [0.1, 0.15) is 11.1 Å². The first-order valence-electron chi connectivity index (χ1n) is 10.4. The SMILES string of the molecule is O=C(COc1ccccc1[N+](=O)[O-])OCc1cccc(COC(=O)COc2ccccc2[N+](=O)[O-])c1. The zero-order valence-corrected chi connectivity index (χ0v) is 18.7. The summed E-state index contributed by atoms with van der Waals surface area (Å²) in [6.45, 7) is -1.22. The Morgan fingerprint density at radius 3 is 1.47 bits per heavy atom. The second-order valence-corrected chi connectivity index (χ2v) is 7.17. The average Bonchev–Trinajstić information content (AvgIpc) is 2.88. The fourth-order valence-corrected chi connectivity index (χ4v) is 2.95. The van der Waals surface area contributed by atoms with Gasteiger partial charge in [-0.15, -0.1) is 0 Å². The molecule has 0 aliphatic heterocycles. The van der Waals surface area contributed by atoms with E-state index in [1.165, 1.54) is 36.4 Å². The van der Waals surface area contributed by atoms with Crippen LogP contribution in [-0.4, -0.2) is 35.0 Å². The summed E-state index contributed by atoms with van der Waals surface area (Å²) in [5.41, 5.74) is 0.692. The van der Waals surface area contributed by atoms with Crippen molar-refractivity contribution < 1.29 is 38.4 Å². The second-order valence-electron chi connectivity index (χ2n) is 7.17. The minimum atomic E-state index is -0.725. The Morgan fingerprint density at radius 1 is 0.639 bits per heavy atom. The lowest BCUT2D eigenvalue weighted by Gasteiger charge is -2.10. The molecule has 0 N–H and O–H groups in total. The number of nitrogens with zero attached hydrogens (tertiary/aromatic N) is 2. The van der Waals surface area contributed by atoms with Gasteiger partial charge in [-0.1, -0.05) is 42.5 Å². The van der Waals surface area contributed by atoms with Crippen LogP contribution >= 0.6 is 0 Å². The molecule has 3 aromatic rings. The maximum absolute atomic E-state index is 12.0. The Bertz CT molecular complexity index is 1170. The first kappa shape index (κ1) is 25.6. The predicted octanol–water partition coefficient (Wildman–Crippen LogP) is 3.75. The molecule has 0 amide bonds. The molecule has 36 heavy (non-hydrogen) atoms. The van der Waals surface area contributed by atoms with Crippen LogP contribution in [-0.2, 0) is 32.3 Å². The molecule has 0 radical (unpaired) electrons. The van der Waals surface area contributed by atoms with Crippen molar-refractivity contribution in [2.45, 2.75) is 13.2 Å². The van der Waals surface area contributed by atoms with Gasteiger partial charge in [-0.05, 0) is 29.3 Å². The van der Waals surface area contributed by atoms with Gasteiger partial charge in [0.15, 0.2) is 24.7 Å². The summed E-state index contributed by atoms with van der Waals surface area (Å²) in [6.07, 6.45) is 0. The van der Waals surface area contributed by atoms with Gasteiger partial charge in [-0.2, -0.15) is 0 Å². The van der Waals surface area contributed by atoms with E-state index >= 15 is 0 Å². The lowest BCUT2D eigenvalue weighted by molar-refractivity contribution is -0.386. The molecular weight excluding hydrogens is 476 g/mol. The van der Waals surface area contributed by atoms with E-state index < -0.39 is 35.0 Å². The Hall–Kier alpha value is -5.00. The Kier molecular flexibility index (Phi) is 8.87. The van der Waals surface area contributed by atoms with Gasteiger partial charge in [0.05, 0.1) is 9.85 Å². The van der Waals surface area contributed by atoms with E-state index in [1.54, 1.807) is 36.4 Å². The summed E-state index contributed by atoms with van der Waals surface area (Å²) in [4.78, 5) is 44.7. The molecule has 0 heterocycles. The molecule has 0 aromatic heterocycles. The number of carbonyl (C=O) groups is 2. The van der Waals surface area contributed by atoms with Gasteiger partial charge < -0.3 is 18.9 Å². The molecule has 0 unspecified atom stereocenters. The number of rotatable bonds is 12. The largest absolute Gasteiger partial charge is 0.475 e. The number of benzene rings is 3. The van der Waals surface area contributed by atoms with E-state index in [9.17, 15) is 29.8 Å². The molecule has 0 aliphatic carbocycles. The molecule has 0 saturated carbocycles. The third-order valence-corrected chi connectivity index (χ3v) is 4.61. The third kappa shape index (κ3) is 7.52. The maximum Gasteiger partial charge on any atom is 0.344 e. The minimum Gasteiger partial charge on any atom is -0.475 e. The van der Waals surface area contributed by atoms with E-state index in [2.05, 4.69) is 0 Å². The normalized spacial score (nSPS) is 10.2. The zero-order chi connectivity index (χ0) is 25.9. The lowest BCUT2D eigenvalue weighted by atomic mass is 10.1. The van der Waals surface area contributed by atoms with Crippen LogP contribution in [0.2, 0.25) is 0 Å². The van der Waals surface area contributed by atoms with Crippen molar-refractivity contribution in [1.82, 2.24) is 0 Å². The highest BCUT2D eigenvalue weighted by Gasteiger charge is 2.17. The zero-order valence-electron chi connectivity index (χ0n) is 18.7. The number of nitro groups is 2. The highest BCUT2D eigenvalue weighted by atomic mass is 16.6. The minimum absolute atomic E-state index is 0.0471. The molecule has 0 saturated heterocycles. The van der Waals surface area contributed by atoms with Crippen LogP contribution in [0.4, 0.5) is 11.4 Å². The molecular formula is C24H20N2O10. The molecule has 0 aliphatic rings. The fourth-order valence-electron chi connectivity index (χ4n) is 2.95. The van der Waals surface area contributed by atoms with Gasteiger partial charge in [0, 0.05) is 12.1 Å². The van der Waals surface area contributed by atoms with Gasteiger partial charge in [0.25, 0.3) is 0 Å². The standard InChI is InChI=1S/C24H20N2O10/c27-23(15-33-21-10-3-1-8-19(21)25(29)30)35-13-17-6-5-7-18(12-17)14-36-24(28)16-34-22-11-4-2-9-20(22)26(31)32/h1-12H,13-16H2. The number of ether oxygens (including phenoxy) is 4. The molecule has 0 spiro atoms. The van der Waals surface area contributed by atoms with Crippen LogP contribution < -0.4 is 9.47 Å². The van der Waals surface area contributed by atoms with Crippen molar-refractivity contribution in [3.8, 4) is 11.5 Å². The van der Waals surface area contributed by atoms with E-state index in [-0.39, 0.29) is 36.1 Å². The molecule has 0 atom stereocenters. The first-order chi connectivity index (χ1) is 17.3. The Balaban J connectivity index is 1.44. The van der Waals surface area contributed by atoms with Crippen LogP contribution in [0.25, 0.3) is 0 Å². The average molecular weight is 496 g/mol. The van der Waals surface area contributed by atoms with E-state index in [0.717, 1.165) is 0 Å². The molecule has 12 heteroatoms. The number of esters is 2.